The van der Waals surface area contributed by atoms with Gasteiger partial charge in [0, 0.05) is 11.5 Å². The van der Waals surface area contributed by atoms with Crippen LogP contribution in [0.3, 0.4) is 0 Å². The fourth-order valence-electron chi connectivity index (χ4n) is 2.36. The summed E-state index contributed by atoms with van der Waals surface area (Å²) in [6.07, 6.45) is 0. The molecule has 0 saturated carbocycles. The molecule has 0 aliphatic carbocycles. The van der Waals surface area contributed by atoms with E-state index in [1.807, 2.05) is 6.07 Å². The van der Waals surface area contributed by atoms with E-state index < -0.39 is 0 Å². The first kappa shape index (κ1) is 18.4. The maximum atomic E-state index is 12.3. The maximum Gasteiger partial charge on any atom is 0.260 e. The van der Waals surface area contributed by atoms with Gasteiger partial charge >= 0.3 is 0 Å². The summed E-state index contributed by atoms with van der Waals surface area (Å²) in [5.74, 6) is 0.569. The Kier molecular flexibility index (Phi) is 5.58. The lowest BCUT2D eigenvalue weighted by atomic mass is 10.2. The van der Waals surface area contributed by atoms with Crippen molar-refractivity contribution in [3.05, 3.63) is 68.1 Å². The number of nitrogens with one attached hydrogen (secondary N) is 1. The van der Waals surface area contributed by atoms with Gasteiger partial charge in [0.2, 0.25) is 0 Å². The van der Waals surface area contributed by atoms with Crippen molar-refractivity contribution in [3.8, 4) is 5.75 Å². The molecule has 0 atom stereocenters. The van der Waals surface area contributed by atoms with E-state index in [1.54, 1.807) is 43.4 Å². The fraction of sp³-hybridized carbons (Fsp3) is 0.167. The number of ether oxygens (including phenoxy) is 1. The first-order valence-electron chi connectivity index (χ1n) is 7.74. The highest BCUT2D eigenvalue weighted by Gasteiger charge is 2.13. The van der Waals surface area contributed by atoms with Crippen LogP contribution in [-0.2, 0) is 11.3 Å². The summed E-state index contributed by atoms with van der Waals surface area (Å²) in [7, 11) is 1.62. The number of fused-ring (bicyclic) bond motifs is 1. The second kappa shape index (κ2) is 7.88. The number of carbonyl (C=O) groups is 1. The van der Waals surface area contributed by atoms with Crippen LogP contribution in [0.4, 0.5) is 0 Å². The van der Waals surface area contributed by atoms with Gasteiger partial charge in [0.15, 0.2) is 6.61 Å². The van der Waals surface area contributed by atoms with Gasteiger partial charge in [-0.3, -0.25) is 9.59 Å². The maximum absolute atomic E-state index is 12.3. The van der Waals surface area contributed by atoms with E-state index in [-0.39, 0.29) is 24.6 Å². The monoisotopic (exact) mass is 435 g/mol. The smallest absolute Gasteiger partial charge is 0.260 e. The molecular weight excluding hydrogens is 422 g/mol. The van der Waals surface area contributed by atoms with Crippen LogP contribution in [0.1, 0.15) is 5.82 Å². The van der Waals surface area contributed by atoms with Gasteiger partial charge in [0.1, 0.15) is 11.6 Å². The molecule has 0 aliphatic rings. The van der Waals surface area contributed by atoms with Gasteiger partial charge in [-0.1, -0.05) is 39.7 Å². The Morgan fingerprint density at radius 2 is 2.08 bits per heavy atom. The van der Waals surface area contributed by atoms with Crippen LogP contribution in [0.5, 0.6) is 5.75 Å². The van der Waals surface area contributed by atoms with Crippen molar-refractivity contribution in [2.75, 3.05) is 13.7 Å². The predicted molar refractivity (Wildman–Crippen MR) is 103 cm³/mol. The summed E-state index contributed by atoms with van der Waals surface area (Å²) in [4.78, 5) is 32.9. The van der Waals surface area contributed by atoms with Crippen LogP contribution < -0.4 is 10.3 Å². The molecule has 0 unspecified atom stereocenters. The number of likely N-dealkylation sites (N-methyl/N-ethyl adjacent to an activating group) is 1. The molecule has 2 aromatic carbocycles. The lowest BCUT2D eigenvalue weighted by Gasteiger charge is -2.17. The standard InChI is InChI=1S/C18H15BrClN3O3/c1-23(17(24)10-26-15-7-6-11(19)8-13(15)20)9-16-21-14-5-3-2-4-12(14)18(25)22-16/h2-8H,9-10H2,1H3,(H,21,22,25). The largest absolute Gasteiger partial charge is 0.482 e. The van der Waals surface area contributed by atoms with Crippen LogP contribution in [0.2, 0.25) is 5.02 Å². The zero-order valence-electron chi connectivity index (χ0n) is 13.8. The van der Waals surface area contributed by atoms with Gasteiger partial charge in [-0.15, -0.1) is 0 Å². The third-order valence-corrected chi connectivity index (χ3v) is 4.51. The molecule has 1 heterocycles. The Bertz CT molecular complexity index is 1020. The molecule has 3 aromatic rings. The number of hydrogen-bond acceptors (Lipinski definition) is 4. The van der Waals surface area contributed by atoms with Crippen molar-refractivity contribution >= 4 is 44.3 Å². The number of H-pyrrole nitrogens is 1. The highest BCUT2D eigenvalue weighted by atomic mass is 79.9. The van der Waals surface area contributed by atoms with E-state index >= 15 is 0 Å². The molecule has 26 heavy (non-hydrogen) atoms. The van der Waals surface area contributed by atoms with Gasteiger partial charge in [-0.2, -0.15) is 0 Å². The van der Waals surface area contributed by atoms with E-state index in [0.717, 1.165) is 4.47 Å². The zero-order valence-corrected chi connectivity index (χ0v) is 16.2. The van der Waals surface area contributed by atoms with Crippen LogP contribution in [0.25, 0.3) is 10.9 Å². The van der Waals surface area contributed by atoms with Crippen LogP contribution in [0.15, 0.2) is 51.7 Å². The first-order chi connectivity index (χ1) is 12.4. The number of aromatic amines is 1. The van der Waals surface area contributed by atoms with E-state index in [1.165, 1.54) is 4.90 Å². The fourth-order valence-corrected chi connectivity index (χ4v) is 3.09. The summed E-state index contributed by atoms with van der Waals surface area (Å²) < 4.78 is 6.29. The van der Waals surface area contributed by atoms with E-state index in [4.69, 9.17) is 16.3 Å². The Morgan fingerprint density at radius 3 is 2.85 bits per heavy atom. The minimum atomic E-state index is -0.264. The molecule has 3 rings (SSSR count). The highest BCUT2D eigenvalue weighted by Crippen LogP contribution is 2.27. The summed E-state index contributed by atoms with van der Waals surface area (Å²) in [6.45, 7) is -0.00793. The quantitative estimate of drug-likeness (QED) is 0.665. The molecule has 1 aromatic heterocycles. The molecule has 0 spiro atoms. The number of benzene rings is 2. The molecule has 8 heteroatoms. The van der Waals surface area contributed by atoms with Gasteiger partial charge in [0.05, 0.1) is 22.5 Å². The van der Waals surface area contributed by atoms with Crippen molar-refractivity contribution < 1.29 is 9.53 Å². The Morgan fingerprint density at radius 1 is 1.31 bits per heavy atom. The minimum Gasteiger partial charge on any atom is -0.482 e. The highest BCUT2D eigenvalue weighted by molar-refractivity contribution is 9.10. The molecule has 134 valence electrons. The summed E-state index contributed by atoms with van der Waals surface area (Å²) in [6, 6.07) is 12.2. The second-order valence-corrected chi connectivity index (χ2v) is 6.97. The first-order valence-corrected chi connectivity index (χ1v) is 8.91. The minimum absolute atomic E-state index is 0.163. The predicted octanol–water partition coefficient (Wildman–Crippen LogP) is 3.38. The third-order valence-electron chi connectivity index (χ3n) is 3.72. The van der Waals surface area contributed by atoms with Crippen LogP contribution >= 0.6 is 27.5 Å². The van der Waals surface area contributed by atoms with Crippen molar-refractivity contribution in [3.63, 3.8) is 0 Å². The molecule has 0 fully saturated rings. The third kappa shape index (κ3) is 4.23. The summed E-state index contributed by atoms with van der Waals surface area (Å²) in [5, 5.41) is 0.925. The Balaban J connectivity index is 1.66. The second-order valence-electron chi connectivity index (χ2n) is 5.64. The average Bonchev–Trinajstić information content (AvgIpc) is 2.60. The summed E-state index contributed by atoms with van der Waals surface area (Å²) in [5.41, 5.74) is 0.356. The number of aromatic nitrogens is 2. The molecule has 0 bridgehead atoms. The van der Waals surface area contributed by atoms with Crippen LogP contribution in [-0.4, -0.2) is 34.4 Å². The number of carbonyl (C=O) groups excluding carboxylic acids is 1. The summed E-state index contributed by atoms with van der Waals surface area (Å²) >= 11 is 9.37. The Hall–Kier alpha value is -2.38. The molecule has 6 nitrogen and oxygen atoms in total. The zero-order chi connectivity index (χ0) is 18.7. The average molecular weight is 437 g/mol. The molecule has 0 aliphatic heterocycles. The van der Waals surface area contributed by atoms with E-state index in [0.29, 0.717) is 27.5 Å². The number of hydrogen-bond donors (Lipinski definition) is 1. The number of para-hydroxylation sites is 1. The number of halogens is 2. The van der Waals surface area contributed by atoms with Crippen molar-refractivity contribution in [2.24, 2.45) is 0 Å². The van der Waals surface area contributed by atoms with Gasteiger partial charge in [-0.25, -0.2) is 4.98 Å². The topological polar surface area (TPSA) is 75.3 Å². The van der Waals surface area contributed by atoms with Gasteiger partial charge in [0.25, 0.3) is 11.5 Å². The van der Waals surface area contributed by atoms with E-state index in [9.17, 15) is 9.59 Å². The van der Waals surface area contributed by atoms with Crippen molar-refractivity contribution in [2.45, 2.75) is 6.54 Å². The number of amides is 1. The van der Waals surface area contributed by atoms with Crippen molar-refractivity contribution in [1.82, 2.24) is 14.9 Å². The lowest BCUT2D eigenvalue weighted by molar-refractivity contribution is -0.132. The van der Waals surface area contributed by atoms with E-state index in [2.05, 4.69) is 25.9 Å². The molecule has 0 saturated heterocycles. The van der Waals surface area contributed by atoms with Gasteiger partial charge < -0.3 is 14.6 Å². The van der Waals surface area contributed by atoms with Gasteiger partial charge in [-0.05, 0) is 30.3 Å². The molecule has 1 amide bonds. The lowest BCUT2D eigenvalue weighted by Crippen LogP contribution is -2.32. The van der Waals surface area contributed by atoms with Crippen LogP contribution in [0, 0.1) is 0 Å². The number of nitrogens with zero attached hydrogens (tertiary/aromatic N) is 2. The Labute approximate surface area is 162 Å². The normalized spacial score (nSPS) is 10.7. The number of rotatable bonds is 5. The van der Waals surface area contributed by atoms with Crippen molar-refractivity contribution in [1.29, 1.82) is 0 Å². The molecular formula is C18H15BrClN3O3. The molecule has 0 radical (unpaired) electrons. The molecule has 1 N–H and O–H groups in total. The SMILES string of the molecule is CN(Cc1nc2ccccc2c(=O)[nH]1)C(=O)COc1ccc(Br)cc1Cl.